The minimum absolute atomic E-state index is 0.321. The highest BCUT2D eigenvalue weighted by molar-refractivity contribution is 6.21. The molecule has 116 valence electrons. The molecule has 0 atom stereocenters. The summed E-state index contributed by atoms with van der Waals surface area (Å²) in [6, 6.07) is 14.3. The molecule has 0 unspecified atom stereocenters. The summed E-state index contributed by atoms with van der Waals surface area (Å²) in [6.07, 6.45) is 1.84. The van der Waals surface area contributed by atoms with E-state index in [1.165, 1.54) is 6.08 Å². The van der Waals surface area contributed by atoms with E-state index in [1.54, 1.807) is 24.3 Å². The summed E-state index contributed by atoms with van der Waals surface area (Å²) in [5.74, 6) is -1.37. The summed E-state index contributed by atoms with van der Waals surface area (Å²) < 4.78 is 14.1. The quantitative estimate of drug-likeness (QED) is 0.808. The Hall–Kier alpha value is -2.75. The molecule has 2 aromatic rings. The SMILES string of the molecule is Cc1cccc(CC=C(F)CN2C(=O)c3ccccc3C2=O)c1. The number of carbonyl (C=O) groups excluding carboxylic acids is 2. The van der Waals surface area contributed by atoms with Gasteiger partial charge in [-0.25, -0.2) is 4.39 Å². The zero-order chi connectivity index (χ0) is 16.4. The number of nitrogens with zero attached hydrogens (tertiary/aromatic N) is 1. The van der Waals surface area contributed by atoms with Gasteiger partial charge in [0.25, 0.3) is 11.8 Å². The van der Waals surface area contributed by atoms with E-state index < -0.39 is 17.6 Å². The third kappa shape index (κ3) is 3.06. The van der Waals surface area contributed by atoms with Crippen LogP contribution in [0, 0.1) is 6.92 Å². The molecule has 0 spiro atoms. The molecule has 0 bridgehead atoms. The number of carbonyl (C=O) groups is 2. The third-order valence-corrected chi connectivity index (χ3v) is 3.83. The molecule has 1 aliphatic heterocycles. The van der Waals surface area contributed by atoms with Crippen molar-refractivity contribution in [1.29, 1.82) is 0 Å². The normalized spacial score (nSPS) is 14.3. The molecule has 3 nitrogen and oxygen atoms in total. The number of rotatable bonds is 4. The molecular weight excluding hydrogens is 293 g/mol. The average molecular weight is 309 g/mol. The highest BCUT2D eigenvalue weighted by Gasteiger charge is 2.35. The molecule has 2 aromatic carbocycles. The van der Waals surface area contributed by atoms with Crippen molar-refractivity contribution in [2.75, 3.05) is 6.54 Å². The van der Waals surface area contributed by atoms with Gasteiger partial charge in [-0.15, -0.1) is 0 Å². The maximum Gasteiger partial charge on any atom is 0.261 e. The Bertz CT molecular complexity index is 776. The van der Waals surface area contributed by atoms with Gasteiger partial charge in [0, 0.05) is 0 Å². The Morgan fingerprint density at radius 2 is 1.70 bits per heavy atom. The van der Waals surface area contributed by atoms with Crippen LogP contribution in [0.1, 0.15) is 31.8 Å². The largest absolute Gasteiger partial charge is 0.269 e. The van der Waals surface area contributed by atoms with Crippen LogP contribution in [0.25, 0.3) is 0 Å². The zero-order valence-corrected chi connectivity index (χ0v) is 12.8. The molecule has 0 aliphatic carbocycles. The second-order valence-corrected chi connectivity index (χ2v) is 5.59. The minimum Gasteiger partial charge on any atom is -0.269 e. The summed E-state index contributed by atoms with van der Waals surface area (Å²) in [5, 5.41) is 0. The number of allylic oxidation sites excluding steroid dienone is 1. The lowest BCUT2D eigenvalue weighted by Gasteiger charge is -2.12. The Morgan fingerprint density at radius 3 is 2.30 bits per heavy atom. The molecule has 0 N–H and O–H groups in total. The highest BCUT2D eigenvalue weighted by Crippen LogP contribution is 2.23. The summed E-state index contributed by atoms with van der Waals surface area (Å²) in [7, 11) is 0. The van der Waals surface area contributed by atoms with E-state index in [0.29, 0.717) is 17.5 Å². The van der Waals surface area contributed by atoms with Gasteiger partial charge in [0.1, 0.15) is 5.83 Å². The third-order valence-electron chi connectivity index (χ3n) is 3.83. The van der Waals surface area contributed by atoms with Crippen molar-refractivity contribution in [3.05, 3.63) is 82.7 Å². The molecule has 0 radical (unpaired) electrons. The predicted molar refractivity (Wildman–Crippen MR) is 85.9 cm³/mol. The van der Waals surface area contributed by atoms with Gasteiger partial charge < -0.3 is 0 Å². The smallest absolute Gasteiger partial charge is 0.261 e. The van der Waals surface area contributed by atoms with Crippen LogP contribution < -0.4 is 0 Å². The first-order valence-corrected chi connectivity index (χ1v) is 7.41. The van der Waals surface area contributed by atoms with Crippen LogP contribution in [0.5, 0.6) is 0 Å². The Morgan fingerprint density at radius 1 is 1.04 bits per heavy atom. The van der Waals surface area contributed by atoms with E-state index in [9.17, 15) is 14.0 Å². The monoisotopic (exact) mass is 309 g/mol. The van der Waals surface area contributed by atoms with Crippen LogP contribution in [0.15, 0.2) is 60.4 Å². The molecule has 0 saturated carbocycles. The lowest BCUT2D eigenvalue weighted by Crippen LogP contribution is -2.31. The van der Waals surface area contributed by atoms with Crippen molar-refractivity contribution in [2.45, 2.75) is 13.3 Å². The number of amides is 2. The first-order valence-electron chi connectivity index (χ1n) is 7.41. The summed E-state index contributed by atoms with van der Waals surface area (Å²) in [5.41, 5.74) is 2.77. The fraction of sp³-hybridized carbons (Fsp3) is 0.158. The topological polar surface area (TPSA) is 37.4 Å². The van der Waals surface area contributed by atoms with Crippen LogP contribution in [-0.2, 0) is 6.42 Å². The van der Waals surface area contributed by atoms with Gasteiger partial charge in [0.05, 0.1) is 17.7 Å². The molecule has 0 aromatic heterocycles. The maximum absolute atomic E-state index is 14.1. The van der Waals surface area contributed by atoms with Crippen molar-refractivity contribution in [3.63, 3.8) is 0 Å². The molecule has 23 heavy (non-hydrogen) atoms. The van der Waals surface area contributed by atoms with Gasteiger partial charge in [-0.05, 0) is 37.1 Å². The van der Waals surface area contributed by atoms with Gasteiger partial charge in [-0.1, -0.05) is 42.0 Å². The van der Waals surface area contributed by atoms with Crippen LogP contribution in [0.3, 0.4) is 0 Å². The number of aryl methyl sites for hydroxylation is 1. The van der Waals surface area contributed by atoms with Crippen LogP contribution >= 0.6 is 0 Å². The number of benzene rings is 2. The van der Waals surface area contributed by atoms with Crippen molar-refractivity contribution < 1.29 is 14.0 Å². The molecule has 4 heteroatoms. The molecule has 3 rings (SSSR count). The lowest BCUT2D eigenvalue weighted by atomic mass is 10.1. The molecular formula is C19H16FNO2. The molecule has 1 heterocycles. The van der Waals surface area contributed by atoms with Crippen molar-refractivity contribution >= 4 is 11.8 Å². The van der Waals surface area contributed by atoms with Crippen molar-refractivity contribution in [1.82, 2.24) is 4.90 Å². The van der Waals surface area contributed by atoms with E-state index in [0.717, 1.165) is 16.0 Å². The lowest BCUT2D eigenvalue weighted by molar-refractivity contribution is 0.0660. The minimum atomic E-state index is -0.485. The van der Waals surface area contributed by atoms with E-state index in [2.05, 4.69) is 0 Å². The number of hydrogen-bond donors (Lipinski definition) is 0. The number of halogens is 1. The average Bonchev–Trinajstić information content (AvgIpc) is 2.79. The van der Waals surface area contributed by atoms with Crippen molar-refractivity contribution in [3.8, 4) is 0 Å². The molecule has 0 saturated heterocycles. The fourth-order valence-electron chi connectivity index (χ4n) is 2.67. The first-order chi connectivity index (χ1) is 11.1. The number of imide groups is 1. The maximum atomic E-state index is 14.1. The van der Waals surface area contributed by atoms with Gasteiger partial charge >= 0.3 is 0 Å². The fourth-order valence-corrected chi connectivity index (χ4v) is 2.67. The van der Waals surface area contributed by atoms with E-state index in [4.69, 9.17) is 0 Å². The van der Waals surface area contributed by atoms with E-state index in [1.807, 2.05) is 31.2 Å². The number of fused-ring (bicyclic) bond motifs is 1. The second-order valence-electron chi connectivity index (χ2n) is 5.59. The predicted octanol–water partition coefficient (Wildman–Crippen LogP) is 3.69. The second kappa shape index (κ2) is 6.16. The molecule has 0 fully saturated rings. The molecule has 1 aliphatic rings. The van der Waals surface area contributed by atoms with E-state index in [-0.39, 0.29) is 6.54 Å². The summed E-state index contributed by atoms with van der Waals surface area (Å²) >= 11 is 0. The Kier molecular flexibility index (Phi) is 4.06. The van der Waals surface area contributed by atoms with E-state index >= 15 is 0 Å². The molecule has 2 amide bonds. The van der Waals surface area contributed by atoms with Crippen LogP contribution in [0.4, 0.5) is 4.39 Å². The van der Waals surface area contributed by atoms with Crippen LogP contribution in [-0.4, -0.2) is 23.3 Å². The summed E-state index contributed by atoms with van der Waals surface area (Å²) in [6.45, 7) is 1.65. The van der Waals surface area contributed by atoms with Crippen LogP contribution in [0.2, 0.25) is 0 Å². The standard InChI is InChI=1S/C19H16FNO2/c1-13-5-4-6-14(11-13)9-10-15(20)12-21-18(22)16-7-2-3-8-17(16)19(21)23/h2-8,10-11H,9,12H2,1H3. The van der Waals surface area contributed by atoms with Gasteiger partial charge in [-0.2, -0.15) is 0 Å². The Labute approximate surface area is 134 Å². The van der Waals surface area contributed by atoms with Gasteiger partial charge in [-0.3, -0.25) is 14.5 Å². The first kappa shape index (κ1) is 15.2. The zero-order valence-electron chi connectivity index (χ0n) is 12.8. The number of hydrogen-bond acceptors (Lipinski definition) is 2. The van der Waals surface area contributed by atoms with Gasteiger partial charge in [0.15, 0.2) is 0 Å². The van der Waals surface area contributed by atoms with Crippen molar-refractivity contribution in [2.24, 2.45) is 0 Å². The Balaban J connectivity index is 1.71. The summed E-state index contributed by atoms with van der Waals surface area (Å²) in [4.78, 5) is 25.3. The van der Waals surface area contributed by atoms with Gasteiger partial charge in [0.2, 0.25) is 0 Å². The highest BCUT2D eigenvalue weighted by atomic mass is 19.1.